The van der Waals surface area contributed by atoms with Crippen molar-refractivity contribution in [1.82, 2.24) is 0 Å². The fourth-order valence-corrected chi connectivity index (χ4v) is 2.78. The van der Waals surface area contributed by atoms with Crippen LogP contribution in [0.3, 0.4) is 0 Å². The quantitative estimate of drug-likeness (QED) is 0.898. The minimum Gasteiger partial charge on any atom is -0.494 e. The SMILES string of the molecule is O=C(O)C1(CCOc2ccc(Br)cc2)CCCC1. The molecule has 0 amide bonds. The van der Waals surface area contributed by atoms with E-state index in [-0.39, 0.29) is 0 Å². The van der Waals surface area contributed by atoms with Crippen LogP contribution < -0.4 is 4.74 Å². The molecule has 1 fully saturated rings. The van der Waals surface area contributed by atoms with E-state index in [0.29, 0.717) is 13.0 Å². The van der Waals surface area contributed by atoms with Crippen molar-refractivity contribution in [2.75, 3.05) is 6.61 Å². The van der Waals surface area contributed by atoms with Crippen molar-refractivity contribution in [1.29, 1.82) is 0 Å². The lowest BCUT2D eigenvalue weighted by molar-refractivity contribution is -0.149. The van der Waals surface area contributed by atoms with E-state index in [1.807, 2.05) is 24.3 Å². The number of carboxylic acid groups (broad SMARTS) is 1. The number of aliphatic carboxylic acids is 1. The van der Waals surface area contributed by atoms with Gasteiger partial charge in [-0.15, -0.1) is 0 Å². The highest BCUT2D eigenvalue weighted by molar-refractivity contribution is 9.10. The normalized spacial score (nSPS) is 17.6. The van der Waals surface area contributed by atoms with Crippen LogP contribution in [0.4, 0.5) is 0 Å². The van der Waals surface area contributed by atoms with Gasteiger partial charge in [0, 0.05) is 4.47 Å². The predicted molar refractivity (Wildman–Crippen MR) is 72.8 cm³/mol. The van der Waals surface area contributed by atoms with Gasteiger partial charge >= 0.3 is 5.97 Å². The van der Waals surface area contributed by atoms with E-state index >= 15 is 0 Å². The third-order valence-corrected chi connectivity index (χ3v) is 4.21. The molecular formula is C14H17BrO3. The van der Waals surface area contributed by atoms with Crippen molar-refractivity contribution in [2.24, 2.45) is 5.41 Å². The smallest absolute Gasteiger partial charge is 0.309 e. The second-order valence-electron chi connectivity index (χ2n) is 4.84. The molecule has 1 aliphatic carbocycles. The monoisotopic (exact) mass is 312 g/mol. The Morgan fingerprint density at radius 1 is 1.28 bits per heavy atom. The Kier molecular flexibility index (Phi) is 4.27. The molecule has 0 aromatic heterocycles. The van der Waals surface area contributed by atoms with Crippen LogP contribution in [0.5, 0.6) is 5.75 Å². The van der Waals surface area contributed by atoms with Gasteiger partial charge in [-0.05, 0) is 43.5 Å². The maximum atomic E-state index is 11.3. The second-order valence-corrected chi connectivity index (χ2v) is 5.76. The highest BCUT2D eigenvalue weighted by Crippen LogP contribution is 2.41. The van der Waals surface area contributed by atoms with Gasteiger partial charge in [0.15, 0.2) is 0 Å². The molecule has 4 heteroatoms. The first-order valence-electron chi connectivity index (χ1n) is 6.24. The van der Waals surface area contributed by atoms with E-state index in [1.54, 1.807) is 0 Å². The molecule has 1 aromatic carbocycles. The molecule has 1 saturated carbocycles. The molecular weight excluding hydrogens is 296 g/mol. The van der Waals surface area contributed by atoms with Gasteiger partial charge in [0.2, 0.25) is 0 Å². The summed E-state index contributed by atoms with van der Waals surface area (Å²) < 4.78 is 6.62. The van der Waals surface area contributed by atoms with Gasteiger partial charge < -0.3 is 9.84 Å². The summed E-state index contributed by atoms with van der Waals surface area (Å²) in [5, 5.41) is 9.34. The fourth-order valence-electron chi connectivity index (χ4n) is 2.52. The molecule has 0 spiro atoms. The average molecular weight is 313 g/mol. The van der Waals surface area contributed by atoms with Gasteiger partial charge in [-0.1, -0.05) is 28.8 Å². The topological polar surface area (TPSA) is 46.5 Å². The summed E-state index contributed by atoms with van der Waals surface area (Å²) in [5.41, 5.74) is -0.546. The van der Waals surface area contributed by atoms with Crippen LogP contribution >= 0.6 is 15.9 Å². The van der Waals surface area contributed by atoms with Crippen molar-refractivity contribution in [3.05, 3.63) is 28.7 Å². The third-order valence-electron chi connectivity index (χ3n) is 3.68. The zero-order valence-electron chi connectivity index (χ0n) is 10.2. The van der Waals surface area contributed by atoms with Crippen LogP contribution in [0.1, 0.15) is 32.1 Å². The van der Waals surface area contributed by atoms with Crippen molar-refractivity contribution in [3.63, 3.8) is 0 Å². The molecule has 18 heavy (non-hydrogen) atoms. The van der Waals surface area contributed by atoms with Gasteiger partial charge in [-0.2, -0.15) is 0 Å². The third kappa shape index (κ3) is 3.05. The molecule has 0 heterocycles. The number of carboxylic acids is 1. The summed E-state index contributed by atoms with van der Waals surface area (Å²) in [5.74, 6) is 0.121. The highest BCUT2D eigenvalue weighted by atomic mass is 79.9. The first-order valence-corrected chi connectivity index (χ1v) is 7.03. The first kappa shape index (κ1) is 13.4. The molecule has 1 aromatic rings. The van der Waals surface area contributed by atoms with Crippen molar-refractivity contribution < 1.29 is 14.6 Å². The molecule has 0 bridgehead atoms. The van der Waals surface area contributed by atoms with Crippen LogP contribution in [0.2, 0.25) is 0 Å². The van der Waals surface area contributed by atoms with E-state index in [2.05, 4.69) is 15.9 Å². The number of rotatable bonds is 5. The van der Waals surface area contributed by atoms with Crippen molar-refractivity contribution >= 4 is 21.9 Å². The van der Waals surface area contributed by atoms with Crippen molar-refractivity contribution in [3.8, 4) is 5.75 Å². The van der Waals surface area contributed by atoms with E-state index in [9.17, 15) is 9.90 Å². The van der Waals surface area contributed by atoms with Gasteiger partial charge in [0.05, 0.1) is 12.0 Å². The lowest BCUT2D eigenvalue weighted by atomic mass is 9.83. The standard InChI is InChI=1S/C14H17BrO3/c15-11-3-5-12(6-4-11)18-10-9-14(13(16)17)7-1-2-8-14/h3-6H,1-2,7-10H2,(H,16,17). The summed E-state index contributed by atoms with van der Waals surface area (Å²) in [4.78, 5) is 11.3. The molecule has 0 unspecified atom stereocenters. The summed E-state index contributed by atoms with van der Waals surface area (Å²) in [6.07, 6.45) is 4.20. The summed E-state index contributed by atoms with van der Waals surface area (Å²) >= 11 is 3.36. The Bertz CT molecular complexity index is 408. The molecule has 0 aliphatic heterocycles. The zero-order chi connectivity index (χ0) is 13.0. The number of hydrogen-bond acceptors (Lipinski definition) is 2. The molecule has 2 rings (SSSR count). The summed E-state index contributed by atoms with van der Waals surface area (Å²) in [6.45, 7) is 0.466. The van der Waals surface area contributed by atoms with Gasteiger partial charge in [0.1, 0.15) is 5.75 Å². The van der Waals surface area contributed by atoms with E-state index in [1.165, 1.54) is 0 Å². The largest absolute Gasteiger partial charge is 0.494 e. The Labute approximate surface area is 115 Å². The minimum absolute atomic E-state index is 0.466. The first-order chi connectivity index (χ1) is 8.62. The molecule has 0 atom stereocenters. The van der Waals surface area contributed by atoms with Crippen molar-refractivity contribution in [2.45, 2.75) is 32.1 Å². The highest BCUT2D eigenvalue weighted by Gasteiger charge is 2.40. The van der Waals surface area contributed by atoms with Crippen LogP contribution in [0.25, 0.3) is 0 Å². The molecule has 0 radical (unpaired) electrons. The van der Waals surface area contributed by atoms with Gasteiger partial charge in [-0.3, -0.25) is 4.79 Å². The fraction of sp³-hybridized carbons (Fsp3) is 0.500. The number of ether oxygens (including phenoxy) is 1. The Morgan fingerprint density at radius 3 is 2.44 bits per heavy atom. The predicted octanol–water partition coefficient (Wildman–Crippen LogP) is 3.86. The van der Waals surface area contributed by atoms with Gasteiger partial charge in [-0.25, -0.2) is 0 Å². The Balaban J connectivity index is 1.87. The Morgan fingerprint density at radius 2 is 1.89 bits per heavy atom. The average Bonchev–Trinajstić information content (AvgIpc) is 2.82. The maximum Gasteiger partial charge on any atom is 0.309 e. The number of carbonyl (C=O) groups is 1. The molecule has 1 aliphatic rings. The minimum atomic E-state index is -0.667. The van der Waals surface area contributed by atoms with E-state index in [4.69, 9.17) is 4.74 Å². The number of halogens is 1. The second kappa shape index (κ2) is 5.74. The van der Waals surface area contributed by atoms with Gasteiger partial charge in [0.25, 0.3) is 0 Å². The van der Waals surface area contributed by atoms with Crippen LogP contribution in [0, 0.1) is 5.41 Å². The maximum absolute atomic E-state index is 11.3. The van der Waals surface area contributed by atoms with Crippen LogP contribution in [-0.4, -0.2) is 17.7 Å². The van der Waals surface area contributed by atoms with Crippen LogP contribution in [-0.2, 0) is 4.79 Å². The van der Waals surface area contributed by atoms with E-state index in [0.717, 1.165) is 35.9 Å². The molecule has 0 saturated heterocycles. The lowest BCUT2D eigenvalue weighted by Crippen LogP contribution is -2.29. The number of benzene rings is 1. The van der Waals surface area contributed by atoms with E-state index < -0.39 is 11.4 Å². The summed E-state index contributed by atoms with van der Waals surface area (Å²) in [7, 11) is 0. The summed E-state index contributed by atoms with van der Waals surface area (Å²) in [6, 6.07) is 7.59. The Hall–Kier alpha value is -1.03. The molecule has 1 N–H and O–H groups in total. The molecule has 98 valence electrons. The van der Waals surface area contributed by atoms with Crippen LogP contribution in [0.15, 0.2) is 28.7 Å². The molecule has 3 nitrogen and oxygen atoms in total. The number of hydrogen-bond donors (Lipinski definition) is 1. The zero-order valence-corrected chi connectivity index (χ0v) is 11.8. The lowest BCUT2D eigenvalue weighted by Gasteiger charge is -2.23.